The Morgan fingerprint density at radius 1 is 1.40 bits per heavy atom. The normalized spacial score (nSPS) is 20.5. The van der Waals surface area contributed by atoms with Gasteiger partial charge in [0.2, 0.25) is 17.6 Å². The fraction of sp³-hybridized carbons (Fsp3) is 0.500. The van der Waals surface area contributed by atoms with Crippen LogP contribution < -0.4 is 16.0 Å². The van der Waals surface area contributed by atoms with Crippen LogP contribution in [0.25, 0.3) is 0 Å². The van der Waals surface area contributed by atoms with Gasteiger partial charge in [-0.3, -0.25) is 10.1 Å². The van der Waals surface area contributed by atoms with E-state index >= 15 is 0 Å². The molecule has 0 amide bonds. The highest BCUT2D eigenvalue weighted by Gasteiger charge is 2.28. The third kappa shape index (κ3) is 3.81. The predicted molar refractivity (Wildman–Crippen MR) is 94.3 cm³/mol. The molecule has 9 nitrogen and oxygen atoms in total. The molecule has 0 unspecified atom stereocenters. The van der Waals surface area contributed by atoms with E-state index in [0.717, 1.165) is 19.5 Å². The fourth-order valence-corrected chi connectivity index (χ4v) is 3.31. The van der Waals surface area contributed by atoms with Crippen molar-refractivity contribution in [1.29, 1.82) is 0 Å². The maximum absolute atomic E-state index is 11.4. The van der Waals surface area contributed by atoms with Crippen LogP contribution >= 0.6 is 0 Å². The Balaban J connectivity index is 1.90. The van der Waals surface area contributed by atoms with Crippen LogP contribution in [0, 0.1) is 22.0 Å². The molecule has 2 atom stereocenters. The number of nitrogens with one attached hydrogen (secondary N) is 1. The second kappa shape index (κ2) is 6.96. The number of hydrogen-bond donors (Lipinski definition) is 2. The third-order valence-corrected chi connectivity index (χ3v) is 4.24. The minimum atomic E-state index is -0.564. The van der Waals surface area contributed by atoms with Gasteiger partial charge in [-0.15, -0.1) is 0 Å². The molecule has 0 saturated carbocycles. The zero-order valence-electron chi connectivity index (χ0n) is 14.3. The number of furan rings is 1. The Hall–Kier alpha value is -2.84. The van der Waals surface area contributed by atoms with Gasteiger partial charge >= 0.3 is 5.69 Å². The maximum atomic E-state index is 11.4. The highest BCUT2D eigenvalue weighted by atomic mass is 16.6. The Kier molecular flexibility index (Phi) is 4.73. The second-order valence-corrected chi connectivity index (χ2v) is 6.65. The number of aromatic nitrogens is 2. The minimum Gasteiger partial charge on any atom is -0.467 e. The van der Waals surface area contributed by atoms with Crippen LogP contribution in [-0.4, -0.2) is 28.0 Å². The molecule has 134 valence electrons. The minimum absolute atomic E-state index is 0.106. The van der Waals surface area contributed by atoms with E-state index in [9.17, 15) is 10.1 Å². The van der Waals surface area contributed by atoms with E-state index in [1.54, 1.807) is 18.4 Å². The molecule has 1 saturated heterocycles. The summed E-state index contributed by atoms with van der Waals surface area (Å²) < 4.78 is 5.24. The standard InChI is InChI=1S/C16H22N6O3/c1-10-6-11(2)9-21(8-10)16-19-14(17)13(22(23)24)15(20-16)18-7-12-4-3-5-25-12/h3-5,10-11H,6-9H2,1-2H3,(H3,17,18,19,20)/t10-,11-/m0/s1. The van der Waals surface area contributed by atoms with E-state index in [1.807, 2.05) is 4.90 Å². The third-order valence-electron chi connectivity index (χ3n) is 4.24. The second-order valence-electron chi connectivity index (χ2n) is 6.65. The molecule has 1 fully saturated rings. The van der Waals surface area contributed by atoms with Crippen LogP contribution in [0.3, 0.4) is 0 Å². The van der Waals surface area contributed by atoms with Gasteiger partial charge in [0, 0.05) is 13.1 Å². The van der Waals surface area contributed by atoms with Gasteiger partial charge in [-0.05, 0) is 30.4 Å². The topological polar surface area (TPSA) is 123 Å². The Morgan fingerprint density at radius 3 is 2.72 bits per heavy atom. The van der Waals surface area contributed by atoms with Crippen molar-refractivity contribution in [1.82, 2.24) is 9.97 Å². The fourth-order valence-electron chi connectivity index (χ4n) is 3.31. The molecule has 2 aromatic rings. The van der Waals surface area contributed by atoms with Crippen molar-refractivity contribution in [2.45, 2.75) is 26.8 Å². The van der Waals surface area contributed by atoms with Gasteiger partial charge < -0.3 is 20.4 Å². The van der Waals surface area contributed by atoms with E-state index in [2.05, 4.69) is 29.1 Å². The quantitative estimate of drug-likeness (QED) is 0.625. The molecule has 3 rings (SSSR count). The molecule has 0 radical (unpaired) electrons. The number of anilines is 3. The van der Waals surface area contributed by atoms with E-state index in [1.165, 1.54) is 0 Å². The number of nitro groups is 1. The zero-order valence-corrected chi connectivity index (χ0v) is 14.3. The summed E-state index contributed by atoms with van der Waals surface area (Å²) in [6.07, 6.45) is 2.68. The van der Waals surface area contributed by atoms with Crippen LogP contribution in [0.1, 0.15) is 26.0 Å². The summed E-state index contributed by atoms with van der Waals surface area (Å²) in [7, 11) is 0. The first-order valence-electron chi connectivity index (χ1n) is 8.27. The first-order chi connectivity index (χ1) is 11.9. The summed E-state index contributed by atoms with van der Waals surface area (Å²) in [6, 6.07) is 3.53. The monoisotopic (exact) mass is 346 g/mol. The first kappa shape index (κ1) is 17.0. The van der Waals surface area contributed by atoms with Gasteiger partial charge in [-0.25, -0.2) is 0 Å². The summed E-state index contributed by atoms with van der Waals surface area (Å²) in [5.74, 6) is 2.04. The Morgan fingerprint density at radius 2 is 2.12 bits per heavy atom. The molecule has 3 N–H and O–H groups in total. The molecule has 0 aliphatic carbocycles. The molecule has 0 aromatic carbocycles. The van der Waals surface area contributed by atoms with Crippen molar-refractivity contribution in [2.75, 3.05) is 29.0 Å². The lowest BCUT2D eigenvalue weighted by Crippen LogP contribution is -2.39. The molecule has 25 heavy (non-hydrogen) atoms. The average molecular weight is 346 g/mol. The summed E-state index contributed by atoms with van der Waals surface area (Å²) in [6.45, 7) is 6.23. The lowest BCUT2D eigenvalue weighted by molar-refractivity contribution is -0.383. The number of nitrogens with zero attached hydrogens (tertiary/aromatic N) is 4. The summed E-state index contributed by atoms with van der Waals surface area (Å²) in [5, 5.41) is 14.3. The van der Waals surface area contributed by atoms with E-state index in [-0.39, 0.29) is 23.9 Å². The molecular formula is C16H22N6O3. The van der Waals surface area contributed by atoms with Crippen LogP contribution in [0.2, 0.25) is 0 Å². The lowest BCUT2D eigenvalue weighted by Gasteiger charge is -2.35. The van der Waals surface area contributed by atoms with Crippen LogP contribution in [0.15, 0.2) is 22.8 Å². The van der Waals surface area contributed by atoms with Crippen molar-refractivity contribution < 1.29 is 9.34 Å². The van der Waals surface area contributed by atoms with Gasteiger partial charge in [0.1, 0.15) is 5.76 Å². The van der Waals surface area contributed by atoms with Gasteiger partial charge in [0.25, 0.3) is 0 Å². The van der Waals surface area contributed by atoms with Gasteiger partial charge in [-0.1, -0.05) is 13.8 Å². The lowest BCUT2D eigenvalue weighted by atomic mass is 9.92. The first-order valence-corrected chi connectivity index (χ1v) is 8.27. The zero-order chi connectivity index (χ0) is 18.0. The molecule has 0 spiro atoms. The van der Waals surface area contributed by atoms with E-state index < -0.39 is 4.92 Å². The van der Waals surface area contributed by atoms with Crippen LogP contribution in [-0.2, 0) is 6.54 Å². The average Bonchev–Trinajstić information content (AvgIpc) is 3.04. The van der Waals surface area contributed by atoms with Crippen molar-refractivity contribution in [3.05, 3.63) is 34.3 Å². The highest BCUT2D eigenvalue weighted by Crippen LogP contribution is 2.32. The van der Waals surface area contributed by atoms with Crippen molar-refractivity contribution in [3.63, 3.8) is 0 Å². The Bertz CT molecular complexity index is 739. The molecule has 9 heteroatoms. The molecule has 1 aliphatic rings. The van der Waals surface area contributed by atoms with Crippen LogP contribution in [0.4, 0.5) is 23.3 Å². The van der Waals surface area contributed by atoms with E-state index in [4.69, 9.17) is 10.2 Å². The molecular weight excluding hydrogens is 324 g/mol. The summed E-state index contributed by atoms with van der Waals surface area (Å²) in [4.78, 5) is 21.4. The molecule has 0 bridgehead atoms. The smallest absolute Gasteiger partial charge is 0.353 e. The number of rotatable bonds is 5. The number of nitrogens with two attached hydrogens (primary N) is 1. The van der Waals surface area contributed by atoms with Gasteiger partial charge in [0.05, 0.1) is 17.7 Å². The summed E-state index contributed by atoms with van der Waals surface area (Å²) >= 11 is 0. The molecule has 3 heterocycles. The van der Waals surface area contributed by atoms with Crippen molar-refractivity contribution >= 4 is 23.3 Å². The van der Waals surface area contributed by atoms with Crippen molar-refractivity contribution in [3.8, 4) is 0 Å². The maximum Gasteiger partial charge on any atom is 0.353 e. The van der Waals surface area contributed by atoms with Crippen molar-refractivity contribution in [2.24, 2.45) is 11.8 Å². The SMILES string of the molecule is C[C@H]1C[C@H](C)CN(c2nc(N)c([N+](=O)[O-])c(NCc3ccco3)n2)C1. The number of hydrogen-bond acceptors (Lipinski definition) is 8. The summed E-state index contributed by atoms with van der Waals surface area (Å²) in [5.41, 5.74) is 5.55. The molecule has 1 aliphatic heterocycles. The number of piperidine rings is 1. The van der Waals surface area contributed by atoms with Gasteiger partial charge in [0.15, 0.2) is 0 Å². The largest absolute Gasteiger partial charge is 0.467 e. The van der Waals surface area contributed by atoms with E-state index in [0.29, 0.717) is 23.5 Å². The predicted octanol–water partition coefficient (Wildman–Crippen LogP) is 2.65. The van der Waals surface area contributed by atoms with Gasteiger partial charge in [-0.2, -0.15) is 9.97 Å². The highest BCUT2D eigenvalue weighted by molar-refractivity contribution is 5.70. The number of nitrogen functional groups attached to an aromatic ring is 1. The Labute approximate surface area is 145 Å². The van der Waals surface area contributed by atoms with Crippen LogP contribution in [0.5, 0.6) is 0 Å². The molecule has 2 aromatic heterocycles.